The lowest BCUT2D eigenvalue weighted by atomic mass is 10.1. The van der Waals surface area contributed by atoms with Crippen LogP contribution in [-0.4, -0.2) is 21.5 Å². The number of aryl methyl sites for hydroxylation is 1. The number of aromatic nitrogens is 3. The van der Waals surface area contributed by atoms with Crippen molar-refractivity contribution < 1.29 is 4.39 Å². The molecule has 2 heterocycles. The standard InChI is InChI=1S/C17H17FN4/c18-14-5-3-12(4-6-14)16-17(13-7-10-20-11-8-13)22-15(21-16)2-1-9-19/h3-8,10-11H,1-2,9,19H2,(H,21,22). The molecule has 0 spiro atoms. The number of nitrogens with one attached hydrogen (secondary N) is 1. The summed E-state index contributed by atoms with van der Waals surface area (Å²) in [5, 5.41) is 0. The Morgan fingerprint density at radius 1 is 1.00 bits per heavy atom. The molecule has 3 aromatic rings. The lowest BCUT2D eigenvalue weighted by Gasteiger charge is -2.02. The molecule has 0 unspecified atom stereocenters. The fraction of sp³-hybridized carbons (Fsp3) is 0.176. The number of hydrogen-bond acceptors (Lipinski definition) is 3. The van der Waals surface area contributed by atoms with Gasteiger partial charge < -0.3 is 10.7 Å². The summed E-state index contributed by atoms with van der Waals surface area (Å²) in [4.78, 5) is 12.1. The summed E-state index contributed by atoms with van der Waals surface area (Å²) in [5.41, 5.74) is 9.18. The normalized spacial score (nSPS) is 10.8. The highest BCUT2D eigenvalue weighted by atomic mass is 19.1. The Balaban J connectivity index is 2.06. The highest BCUT2D eigenvalue weighted by Crippen LogP contribution is 2.30. The largest absolute Gasteiger partial charge is 0.341 e. The average Bonchev–Trinajstić information content (AvgIpc) is 2.98. The van der Waals surface area contributed by atoms with Crippen LogP contribution in [0.4, 0.5) is 4.39 Å². The molecule has 3 rings (SSSR count). The molecule has 5 heteroatoms. The second-order valence-electron chi connectivity index (χ2n) is 5.04. The molecule has 0 amide bonds. The molecule has 4 nitrogen and oxygen atoms in total. The van der Waals surface area contributed by atoms with Gasteiger partial charge >= 0.3 is 0 Å². The molecule has 22 heavy (non-hydrogen) atoms. The molecule has 0 aliphatic carbocycles. The van der Waals surface area contributed by atoms with E-state index in [1.54, 1.807) is 24.5 Å². The van der Waals surface area contributed by atoms with Crippen molar-refractivity contribution >= 4 is 0 Å². The Bertz CT molecular complexity index is 735. The topological polar surface area (TPSA) is 67.6 Å². The fourth-order valence-electron chi connectivity index (χ4n) is 2.35. The molecule has 0 aliphatic heterocycles. The summed E-state index contributed by atoms with van der Waals surface area (Å²) in [7, 11) is 0. The number of aromatic amines is 1. The third-order valence-electron chi connectivity index (χ3n) is 3.46. The maximum absolute atomic E-state index is 13.1. The molecule has 1 aromatic carbocycles. The van der Waals surface area contributed by atoms with Crippen molar-refractivity contribution in [1.82, 2.24) is 15.0 Å². The second-order valence-corrected chi connectivity index (χ2v) is 5.04. The number of hydrogen-bond donors (Lipinski definition) is 2. The third kappa shape index (κ3) is 3.04. The molecular weight excluding hydrogens is 279 g/mol. The van der Waals surface area contributed by atoms with E-state index in [0.717, 1.165) is 41.2 Å². The summed E-state index contributed by atoms with van der Waals surface area (Å²) >= 11 is 0. The van der Waals surface area contributed by atoms with Gasteiger partial charge in [-0.15, -0.1) is 0 Å². The van der Waals surface area contributed by atoms with Crippen LogP contribution in [0.2, 0.25) is 0 Å². The third-order valence-corrected chi connectivity index (χ3v) is 3.46. The van der Waals surface area contributed by atoms with Crippen LogP contribution < -0.4 is 5.73 Å². The van der Waals surface area contributed by atoms with E-state index in [-0.39, 0.29) is 5.82 Å². The van der Waals surface area contributed by atoms with Crippen molar-refractivity contribution in [3.05, 3.63) is 60.4 Å². The molecule has 0 radical (unpaired) electrons. The average molecular weight is 296 g/mol. The van der Waals surface area contributed by atoms with Crippen molar-refractivity contribution in [3.63, 3.8) is 0 Å². The van der Waals surface area contributed by atoms with Crippen LogP contribution in [0, 0.1) is 5.82 Å². The van der Waals surface area contributed by atoms with Crippen molar-refractivity contribution in [2.75, 3.05) is 6.54 Å². The van der Waals surface area contributed by atoms with Crippen molar-refractivity contribution in [3.8, 4) is 22.5 Å². The lowest BCUT2D eigenvalue weighted by Crippen LogP contribution is -2.01. The van der Waals surface area contributed by atoms with Crippen molar-refractivity contribution in [2.45, 2.75) is 12.8 Å². The molecule has 0 atom stereocenters. The van der Waals surface area contributed by atoms with E-state index in [9.17, 15) is 4.39 Å². The minimum Gasteiger partial charge on any atom is -0.341 e. The van der Waals surface area contributed by atoms with Gasteiger partial charge in [-0.2, -0.15) is 0 Å². The molecule has 0 saturated heterocycles. The van der Waals surface area contributed by atoms with Gasteiger partial charge in [-0.1, -0.05) is 0 Å². The number of benzene rings is 1. The van der Waals surface area contributed by atoms with Gasteiger partial charge in [-0.05, 0) is 49.4 Å². The lowest BCUT2D eigenvalue weighted by molar-refractivity contribution is 0.628. The minimum atomic E-state index is -0.256. The van der Waals surface area contributed by atoms with Crippen LogP contribution in [0.5, 0.6) is 0 Å². The van der Waals surface area contributed by atoms with Gasteiger partial charge in [0.15, 0.2) is 0 Å². The van der Waals surface area contributed by atoms with Crippen LogP contribution in [0.15, 0.2) is 48.8 Å². The summed E-state index contributed by atoms with van der Waals surface area (Å²) in [6.07, 6.45) is 5.14. The minimum absolute atomic E-state index is 0.256. The SMILES string of the molecule is NCCCc1nc(-c2ccc(F)cc2)c(-c2ccncc2)[nH]1. The Morgan fingerprint density at radius 3 is 2.41 bits per heavy atom. The Labute approximate surface area is 128 Å². The van der Waals surface area contributed by atoms with E-state index in [1.807, 2.05) is 12.1 Å². The summed E-state index contributed by atoms with van der Waals surface area (Å²) in [5.74, 6) is 0.629. The molecule has 3 N–H and O–H groups in total. The maximum Gasteiger partial charge on any atom is 0.123 e. The number of nitrogens with zero attached hydrogens (tertiary/aromatic N) is 2. The molecule has 112 valence electrons. The van der Waals surface area contributed by atoms with Gasteiger partial charge in [0.2, 0.25) is 0 Å². The number of halogens is 1. The molecule has 0 aliphatic rings. The van der Waals surface area contributed by atoms with Crippen LogP contribution >= 0.6 is 0 Å². The first-order chi connectivity index (χ1) is 10.8. The first kappa shape index (κ1) is 14.4. The van der Waals surface area contributed by atoms with E-state index < -0.39 is 0 Å². The zero-order valence-electron chi connectivity index (χ0n) is 12.1. The van der Waals surface area contributed by atoms with E-state index in [4.69, 9.17) is 5.73 Å². The van der Waals surface area contributed by atoms with Crippen LogP contribution in [0.25, 0.3) is 22.5 Å². The van der Waals surface area contributed by atoms with Gasteiger partial charge in [0.1, 0.15) is 11.6 Å². The maximum atomic E-state index is 13.1. The van der Waals surface area contributed by atoms with Gasteiger partial charge in [0.25, 0.3) is 0 Å². The quantitative estimate of drug-likeness (QED) is 0.760. The van der Waals surface area contributed by atoms with Gasteiger partial charge in [-0.3, -0.25) is 4.98 Å². The monoisotopic (exact) mass is 296 g/mol. The first-order valence-electron chi connectivity index (χ1n) is 7.23. The molecule has 0 bridgehead atoms. The van der Waals surface area contributed by atoms with E-state index in [0.29, 0.717) is 6.54 Å². The highest BCUT2D eigenvalue weighted by molar-refractivity contribution is 5.78. The van der Waals surface area contributed by atoms with E-state index in [2.05, 4.69) is 15.0 Å². The van der Waals surface area contributed by atoms with E-state index >= 15 is 0 Å². The second kappa shape index (κ2) is 6.49. The molecular formula is C17H17FN4. The fourth-order valence-corrected chi connectivity index (χ4v) is 2.35. The zero-order valence-corrected chi connectivity index (χ0v) is 12.1. The summed E-state index contributed by atoms with van der Waals surface area (Å²) in [6, 6.07) is 10.2. The summed E-state index contributed by atoms with van der Waals surface area (Å²) in [6.45, 7) is 0.622. The van der Waals surface area contributed by atoms with Crippen molar-refractivity contribution in [2.24, 2.45) is 5.73 Å². The summed E-state index contributed by atoms with van der Waals surface area (Å²) < 4.78 is 13.1. The molecule has 0 fully saturated rings. The zero-order chi connectivity index (χ0) is 15.4. The van der Waals surface area contributed by atoms with E-state index in [1.165, 1.54) is 12.1 Å². The van der Waals surface area contributed by atoms with Crippen molar-refractivity contribution in [1.29, 1.82) is 0 Å². The smallest absolute Gasteiger partial charge is 0.123 e. The first-order valence-corrected chi connectivity index (χ1v) is 7.23. The van der Waals surface area contributed by atoms with Crippen LogP contribution in [0.3, 0.4) is 0 Å². The number of rotatable bonds is 5. The van der Waals surface area contributed by atoms with Crippen LogP contribution in [-0.2, 0) is 6.42 Å². The van der Waals surface area contributed by atoms with Gasteiger partial charge in [0.05, 0.1) is 11.4 Å². The Kier molecular flexibility index (Phi) is 4.25. The predicted molar refractivity (Wildman–Crippen MR) is 84.6 cm³/mol. The van der Waals surface area contributed by atoms with Crippen LogP contribution in [0.1, 0.15) is 12.2 Å². The Hall–Kier alpha value is -2.53. The number of pyridine rings is 1. The predicted octanol–water partition coefficient (Wildman–Crippen LogP) is 3.17. The Morgan fingerprint density at radius 2 is 1.73 bits per heavy atom. The molecule has 2 aromatic heterocycles. The van der Waals surface area contributed by atoms with Gasteiger partial charge in [-0.25, -0.2) is 9.37 Å². The number of nitrogens with two attached hydrogens (primary N) is 1. The van der Waals surface area contributed by atoms with Gasteiger partial charge in [0, 0.05) is 29.9 Å². The number of imidazole rings is 1. The molecule has 0 saturated carbocycles. The highest BCUT2D eigenvalue weighted by Gasteiger charge is 2.14. The number of H-pyrrole nitrogens is 1.